The first-order chi connectivity index (χ1) is 25.4. The molecule has 0 unspecified atom stereocenters. The molecule has 0 spiro atoms. The van der Waals surface area contributed by atoms with E-state index in [1.54, 1.807) is 38.7 Å². The molecule has 0 saturated carbocycles. The predicted molar refractivity (Wildman–Crippen MR) is 197 cm³/mol. The molecule has 7 rings (SSSR count). The number of hydrogen-bond acceptors (Lipinski definition) is 10. The second-order valence-electron chi connectivity index (χ2n) is 12.4. The smallest absolute Gasteiger partial charge is 0.236 e. The minimum atomic E-state index is -0.339. The van der Waals surface area contributed by atoms with Gasteiger partial charge in [-0.25, -0.2) is 14.4 Å². The highest BCUT2D eigenvalue weighted by molar-refractivity contribution is 5.95. The summed E-state index contributed by atoms with van der Waals surface area (Å²) in [6.45, 7) is 5.90. The minimum Gasteiger partial charge on any atom is -0.491 e. The van der Waals surface area contributed by atoms with Crippen molar-refractivity contribution >= 4 is 34.6 Å². The van der Waals surface area contributed by atoms with Crippen molar-refractivity contribution in [2.45, 2.75) is 12.5 Å². The topological polar surface area (TPSA) is 138 Å². The summed E-state index contributed by atoms with van der Waals surface area (Å²) in [6, 6.07) is 20.2. The van der Waals surface area contributed by atoms with Gasteiger partial charge in [0.2, 0.25) is 12.3 Å². The Kier molecular flexibility index (Phi) is 12.4. The van der Waals surface area contributed by atoms with E-state index in [4.69, 9.17) is 14.2 Å². The fraction of sp³-hybridized carbons (Fsp3) is 0.342. The van der Waals surface area contributed by atoms with E-state index in [-0.39, 0.29) is 17.8 Å². The Labute approximate surface area is 301 Å². The standard InChI is InChI=1S/C21H26FN5O2.C17H17N3O3/c1-29-17-5-8-25(14-17)15-20(28)27-11-9-26(10-12-27)16-3-4-18(19(22)13-16)21-23-6-2-7-24-21;1-22-8-9-23-14-5-2-12(3-6-14)17-15-10-13(18-11-21)4-7-16(15)19-20-17/h2-4,6-7,13,17H,5,8-12,14-15H2,1H3;2-7,10-11H,8-9H2,1H3,(H,18,21)(H,19,20)/t17-;/m0./s1. The SMILES string of the molecule is COCCOc1ccc(-c2n[nH]c3ccc(NC=O)cc23)cc1.CO[C@H]1CCN(CC(=O)N2CCN(c3ccc(-c4ncccn4)c(F)c3)CC2)C1. The maximum Gasteiger partial charge on any atom is 0.236 e. The average Bonchev–Trinajstić information content (AvgIpc) is 3.83. The Morgan fingerprint density at radius 1 is 0.981 bits per heavy atom. The molecule has 2 fully saturated rings. The predicted octanol–water partition coefficient (Wildman–Crippen LogP) is 4.48. The van der Waals surface area contributed by atoms with E-state index in [0.717, 1.165) is 58.8 Å². The molecule has 2 N–H and O–H groups in total. The molecule has 2 amide bonds. The van der Waals surface area contributed by atoms with Gasteiger partial charge in [0.25, 0.3) is 0 Å². The van der Waals surface area contributed by atoms with Crippen molar-refractivity contribution in [3.63, 3.8) is 0 Å². The first-order valence-corrected chi connectivity index (χ1v) is 17.2. The van der Waals surface area contributed by atoms with Gasteiger partial charge in [-0.1, -0.05) is 0 Å². The molecule has 4 heterocycles. The number of methoxy groups -OCH3 is 2. The molecule has 272 valence electrons. The largest absolute Gasteiger partial charge is 0.491 e. The lowest BCUT2D eigenvalue weighted by Gasteiger charge is -2.36. The molecule has 5 aromatic rings. The number of carbonyl (C=O) groups excluding carboxylic acids is 2. The highest BCUT2D eigenvalue weighted by Gasteiger charge is 2.27. The van der Waals surface area contributed by atoms with Crippen molar-refractivity contribution in [1.82, 2.24) is 30.0 Å². The zero-order valence-electron chi connectivity index (χ0n) is 29.3. The molecule has 13 nitrogen and oxygen atoms in total. The number of benzene rings is 3. The van der Waals surface area contributed by atoms with Gasteiger partial charge in [0.1, 0.15) is 18.2 Å². The second kappa shape index (κ2) is 17.7. The minimum absolute atomic E-state index is 0.157. The van der Waals surface area contributed by atoms with E-state index in [1.165, 1.54) is 6.07 Å². The number of amides is 2. The van der Waals surface area contributed by atoms with Crippen LogP contribution in [0.15, 0.2) is 79.1 Å². The molecule has 2 saturated heterocycles. The van der Waals surface area contributed by atoms with E-state index in [1.807, 2.05) is 53.4 Å². The van der Waals surface area contributed by atoms with E-state index in [2.05, 4.69) is 35.3 Å². The van der Waals surface area contributed by atoms with Crippen molar-refractivity contribution in [2.24, 2.45) is 0 Å². The molecular weight excluding hydrogens is 667 g/mol. The molecule has 2 aliphatic heterocycles. The summed E-state index contributed by atoms with van der Waals surface area (Å²) < 4.78 is 30.5. The highest BCUT2D eigenvalue weighted by Crippen LogP contribution is 2.30. The number of likely N-dealkylation sites (tertiary alicyclic amines) is 1. The van der Waals surface area contributed by atoms with E-state index >= 15 is 0 Å². The molecule has 0 aliphatic carbocycles. The van der Waals surface area contributed by atoms with Crippen LogP contribution in [0.1, 0.15) is 6.42 Å². The van der Waals surface area contributed by atoms with Gasteiger partial charge in [-0.05, 0) is 73.2 Å². The Morgan fingerprint density at radius 3 is 2.46 bits per heavy atom. The van der Waals surface area contributed by atoms with Gasteiger partial charge in [-0.3, -0.25) is 19.6 Å². The van der Waals surface area contributed by atoms with Crippen molar-refractivity contribution in [2.75, 3.05) is 83.5 Å². The number of fused-ring (bicyclic) bond motifs is 1. The number of hydrogen-bond donors (Lipinski definition) is 2. The van der Waals surface area contributed by atoms with Crippen molar-refractivity contribution in [3.8, 4) is 28.4 Å². The molecule has 52 heavy (non-hydrogen) atoms. The van der Waals surface area contributed by atoms with Gasteiger partial charge in [-0.2, -0.15) is 5.10 Å². The van der Waals surface area contributed by atoms with E-state index < -0.39 is 0 Å². The fourth-order valence-electron chi connectivity index (χ4n) is 6.30. The number of aromatic nitrogens is 4. The molecule has 3 aromatic carbocycles. The zero-order valence-corrected chi connectivity index (χ0v) is 29.3. The van der Waals surface area contributed by atoms with Gasteiger partial charge in [-0.15, -0.1) is 0 Å². The van der Waals surface area contributed by atoms with Crippen LogP contribution in [0, 0.1) is 5.82 Å². The lowest BCUT2D eigenvalue weighted by atomic mass is 10.1. The van der Waals surface area contributed by atoms with Crippen LogP contribution in [0.2, 0.25) is 0 Å². The maximum absolute atomic E-state index is 14.6. The van der Waals surface area contributed by atoms with Crippen LogP contribution in [0.4, 0.5) is 15.8 Å². The third-order valence-corrected chi connectivity index (χ3v) is 9.15. The normalized spacial score (nSPS) is 16.0. The summed E-state index contributed by atoms with van der Waals surface area (Å²) >= 11 is 0. The number of aromatic amines is 1. The molecule has 1 atom stereocenters. The molecule has 0 radical (unpaired) electrons. The zero-order chi connectivity index (χ0) is 36.3. The van der Waals surface area contributed by atoms with Crippen molar-refractivity contribution in [3.05, 3.63) is 84.9 Å². The van der Waals surface area contributed by atoms with Crippen LogP contribution >= 0.6 is 0 Å². The number of nitrogens with zero attached hydrogens (tertiary/aromatic N) is 6. The van der Waals surface area contributed by atoms with Crippen LogP contribution < -0.4 is 15.0 Å². The van der Waals surface area contributed by atoms with Gasteiger partial charge in [0, 0.05) is 88.2 Å². The summed E-state index contributed by atoms with van der Waals surface area (Å²) in [5.41, 5.74) is 4.66. The first-order valence-electron chi connectivity index (χ1n) is 17.2. The van der Waals surface area contributed by atoms with Gasteiger partial charge >= 0.3 is 0 Å². The highest BCUT2D eigenvalue weighted by atomic mass is 19.1. The van der Waals surface area contributed by atoms with Crippen molar-refractivity contribution in [1.29, 1.82) is 0 Å². The number of nitrogens with one attached hydrogen (secondary N) is 2. The molecule has 2 aliphatic rings. The van der Waals surface area contributed by atoms with Gasteiger partial charge in [0.05, 0.1) is 36.0 Å². The Bertz CT molecular complexity index is 1920. The first kappa shape index (κ1) is 36.4. The van der Waals surface area contributed by atoms with Crippen LogP contribution in [0.25, 0.3) is 33.5 Å². The van der Waals surface area contributed by atoms with E-state index in [0.29, 0.717) is 63.7 Å². The number of piperazine rings is 1. The van der Waals surface area contributed by atoms with Crippen LogP contribution in [0.3, 0.4) is 0 Å². The molecule has 2 aromatic heterocycles. The Morgan fingerprint density at radius 2 is 1.77 bits per heavy atom. The third-order valence-electron chi connectivity index (χ3n) is 9.15. The summed E-state index contributed by atoms with van der Waals surface area (Å²) in [5, 5.41) is 11.0. The summed E-state index contributed by atoms with van der Waals surface area (Å²) in [4.78, 5) is 37.6. The fourth-order valence-corrected chi connectivity index (χ4v) is 6.30. The second-order valence-corrected chi connectivity index (χ2v) is 12.4. The maximum atomic E-state index is 14.6. The van der Waals surface area contributed by atoms with E-state index in [9.17, 15) is 14.0 Å². The average molecular weight is 711 g/mol. The number of anilines is 2. The number of rotatable bonds is 12. The molecular formula is C38H43FN8O5. The number of H-pyrrole nitrogens is 1. The Hall–Kier alpha value is -5.44. The molecule has 14 heteroatoms. The number of halogens is 1. The molecule has 0 bridgehead atoms. The van der Waals surface area contributed by atoms with Crippen LogP contribution in [0.5, 0.6) is 5.75 Å². The summed E-state index contributed by atoms with van der Waals surface area (Å²) in [6.07, 6.45) is 5.08. The number of ether oxygens (including phenoxy) is 3. The quantitative estimate of drug-likeness (QED) is 0.141. The lowest BCUT2D eigenvalue weighted by molar-refractivity contribution is -0.132. The van der Waals surface area contributed by atoms with Crippen molar-refractivity contribution < 1.29 is 28.2 Å². The monoisotopic (exact) mass is 710 g/mol. The van der Waals surface area contributed by atoms with Crippen LogP contribution in [-0.2, 0) is 19.1 Å². The summed E-state index contributed by atoms with van der Waals surface area (Å²) in [5.74, 6) is 0.983. The number of carbonyl (C=O) groups is 2. The van der Waals surface area contributed by atoms with Crippen LogP contribution in [-0.4, -0.2) is 122 Å². The lowest BCUT2D eigenvalue weighted by Crippen LogP contribution is -2.51. The third kappa shape index (κ3) is 9.07. The summed E-state index contributed by atoms with van der Waals surface area (Å²) in [7, 11) is 3.36. The van der Waals surface area contributed by atoms with Gasteiger partial charge in [0.15, 0.2) is 5.82 Å². The van der Waals surface area contributed by atoms with Gasteiger partial charge < -0.3 is 29.3 Å². The Balaban J connectivity index is 0.000000183.